The monoisotopic (exact) mass is 260 g/mol. The summed E-state index contributed by atoms with van der Waals surface area (Å²) in [4.78, 5) is 36.0. The summed E-state index contributed by atoms with van der Waals surface area (Å²) in [5.74, 6) is -1.25. The normalized spacial score (nSPS) is 16.7. The molecular weight excluding hydrogens is 248 g/mol. The first-order chi connectivity index (χ1) is 9.13. The zero-order valence-corrected chi connectivity index (χ0v) is 10.3. The molecule has 1 heterocycles. The molecule has 1 aliphatic heterocycles. The van der Waals surface area contributed by atoms with E-state index in [-0.39, 0.29) is 12.3 Å². The number of esters is 1. The Morgan fingerprint density at radius 2 is 2.00 bits per heavy atom. The number of carbonyl (C=O) groups excluding carboxylic acids is 3. The first kappa shape index (κ1) is 12.8. The Hall–Kier alpha value is -2.63. The third-order valence-electron chi connectivity index (χ3n) is 2.44. The van der Waals surface area contributed by atoms with Crippen LogP contribution in [0, 0.1) is 0 Å². The molecule has 0 bridgehead atoms. The summed E-state index contributed by atoms with van der Waals surface area (Å²) in [6.07, 6.45) is 0.979. The highest BCUT2D eigenvalue weighted by Gasteiger charge is 2.35. The quantitative estimate of drug-likeness (QED) is 0.503. The van der Waals surface area contributed by atoms with Gasteiger partial charge in [0.1, 0.15) is 5.70 Å². The number of nitrogens with zero attached hydrogens (tertiary/aromatic N) is 1. The van der Waals surface area contributed by atoms with Crippen molar-refractivity contribution >= 4 is 23.6 Å². The van der Waals surface area contributed by atoms with Gasteiger partial charge in [0.25, 0.3) is 5.91 Å². The lowest BCUT2D eigenvalue weighted by molar-refractivity contribution is -0.137. The predicted octanol–water partition coefficient (Wildman–Crippen LogP) is 1.19. The molecule has 1 aromatic rings. The first-order valence-electron chi connectivity index (χ1n) is 5.72. The van der Waals surface area contributed by atoms with Crippen molar-refractivity contribution in [3.05, 3.63) is 42.1 Å². The molecule has 1 fully saturated rings. The Morgan fingerprint density at radius 3 is 2.63 bits per heavy atom. The Bertz CT molecular complexity index is 551. The average Bonchev–Trinajstić information content (AvgIpc) is 2.66. The van der Waals surface area contributed by atoms with Crippen LogP contribution >= 0.6 is 0 Å². The Kier molecular flexibility index (Phi) is 3.61. The second-order valence-corrected chi connectivity index (χ2v) is 3.72. The van der Waals surface area contributed by atoms with Crippen molar-refractivity contribution in [3.63, 3.8) is 0 Å². The molecule has 98 valence electrons. The minimum absolute atomic E-state index is 0.0905. The number of anilines is 1. The molecule has 1 aromatic carbocycles. The van der Waals surface area contributed by atoms with Crippen molar-refractivity contribution in [2.24, 2.45) is 0 Å². The van der Waals surface area contributed by atoms with E-state index in [4.69, 9.17) is 4.74 Å². The molecule has 0 atom stereocenters. The lowest BCUT2D eigenvalue weighted by Gasteiger charge is -2.10. The highest BCUT2D eigenvalue weighted by molar-refractivity contribution is 6.27. The number of hydrogen-bond donors (Lipinski definition) is 1. The van der Waals surface area contributed by atoms with Crippen molar-refractivity contribution in [2.45, 2.75) is 6.92 Å². The van der Waals surface area contributed by atoms with E-state index in [2.05, 4.69) is 5.32 Å². The third kappa shape index (κ3) is 2.62. The minimum Gasteiger partial charge on any atom is -0.463 e. The van der Waals surface area contributed by atoms with Gasteiger partial charge in [-0.25, -0.2) is 14.5 Å². The lowest BCUT2D eigenvalue weighted by atomic mass is 10.3. The number of benzene rings is 1. The second-order valence-electron chi connectivity index (χ2n) is 3.72. The largest absolute Gasteiger partial charge is 0.463 e. The molecule has 1 N–H and O–H groups in total. The SMILES string of the molecule is CCOC(=O)/C=C1/NC(=O)N(c2ccccc2)C1=O. The molecule has 0 saturated carbocycles. The van der Waals surface area contributed by atoms with Crippen LogP contribution in [0.15, 0.2) is 42.1 Å². The molecule has 0 aliphatic carbocycles. The maximum absolute atomic E-state index is 12.0. The van der Waals surface area contributed by atoms with Gasteiger partial charge in [0.05, 0.1) is 18.4 Å². The van der Waals surface area contributed by atoms with Crippen molar-refractivity contribution in [1.29, 1.82) is 0 Å². The van der Waals surface area contributed by atoms with Crippen LogP contribution in [0.2, 0.25) is 0 Å². The van der Waals surface area contributed by atoms with E-state index in [0.717, 1.165) is 11.0 Å². The topological polar surface area (TPSA) is 75.7 Å². The van der Waals surface area contributed by atoms with E-state index < -0.39 is 17.9 Å². The van der Waals surface area contributed by atoms with Crippen LogP contribution in [-0.2, 0) is 14.3 Å². The summed E-state index contributed by atoms with van der Waals surface area (Å²) >= 11 is 0. The van der Waals surface area contributed by atoms with E-state index in [9.17, 15) is 14.4 Å². The number of ether oxygens (including phenoxy) is 1. The van der Waals surface area contributed by atoms with Gasteiger partial charge in [-0.05, 0) is 19.1 Å². The molecular formula is C13H12N2O4. The number of urea groups is 1. The van der Waals surface area contributed by atoms with Crippen LogP contribution in [0.5, 0.6) is 0 Å². The fourth-order valence-corrected chi connectivity index (χ4v) is 1.65. The van der Waals surface area contributed by atoms with Crippen molar-refractivity contribution < 1.29 is 19.1 Å². The molecule has 19 heavy (non-hydrogen) atoms. The molecule has 1 saturated heterocycles. The molecule has 3 amide bonds. The van der Waals surface area contributed by atoms with Crippen molar-refractivity contribution in [1.82, 2.24) is 5.32 Å². The van der Waals surface area contributed by atoms with E-state index >= 15 is 0 Å². The summed E-state index contributed by atoms with van der Waals surface area (Å²) in [5.41, 5.74) is 0.351. The summed E-state index contributed by atoms with van der Waals surface area (Å²) in [5, 5.41) is 2.34. The van der Waals surface area contributed by atoms with Crippen molar-refractivity contribution in [3.8, 4) is 0 Å². The molecule has 6 nitrogen and oxygen atoms in total. The van der Waals surface area contributed by atoms with Crippen molar-refractivity contribution in [2.75, 3.05) is 11.5 Å². The van der Waals surface area contributed by atoms with Gasteiger partial charge in [-0.1, -0.05) is 18.2 Å². The standard InChI is InChI=1S/C13H12N2O4/c1-2-19-11(16)8-10-12(17)15(13(18)14-10)9-6-4-3-5-7-9/h3-8H,2H2,1H3,(H,14,18)/b10-8+. The number of nitrogens with one attached hydrogen (secondary N) is 1. The molecule has 0 radical (unpaired) electrons. The average molecular weight is 260 g/mol. The predicted molar refractivity (Wildman–Crippen MR) is 67.2 cm³/mol. The first-order valence-corrected chi connectivity index (χ1v) is 5.72. The molecule has 1 aliphatic rings. The molecule has 0 unspecified atom stereocenters. The van der Waals surface area contributed by atoms with Crippen LogP contribution in [0.25, 0.3) is 0 Å². The fourth-order valence-electron chi connectivity index (χ4n) is 1.65. The summed E-state index contributed by atoms with van der Waals surface area (Å²) in [7, 11) is 0. The molecule has 0 spiro atoms. The second kappa shape index (κ2) is 5.34. The van der Waals surface area contributed by atoms with Gasteiger partial charge in [-0.2, -0.15) is 0 Å². The van der Waals surface area contributed by atoms with Gasteiger partial charge >= 0.3 is 12.0 Å². The molecule has 2 rings (SSSR count). The summed E-state index contributed by atoms with van der Waals surface area (Å²) in [6.45, 7) is 1.86. The van der Waals surface area contributed by atoms with Crippen LogP contribution < -0.4 is 10.2 Å². The van der Waals surface area contributed by atoms with Crippen LogP contribution in [0.3, 0.4) is 0 Å². The minimum atomic E-state index is -0.666. The smallest absolute Gasteiger partial charge is 0.333 e. The van der Waals surface area contributed by atoms with E-state index in [1.165, 1.54) is 0 Å². The number of para-hydroxylation sites is 1. The number of amides is 3. The maximum atomic E-state index is 12.0. The molecule has 6 heteroatoms. The Balaban J connectivity index is 2.24. The van der Waals surface area contributed by atoms with Gasteiger partial charge in [0.15, 0.2) is 0 Å². The number of hydrogen-bond acceptors (Lipinski definition) is 4. The Morgan fingerprint density at radius 1 is 1.32 bits per heavy atom. The maximum Gasteiger partial charge on any atom is 0.333 e. The summed E-state index contributed by atoms with van der Waals surface area (Å²) < 4.78 is 4.69. The number of rotatable bonds is 3. The highest BCUT2D eigenvalue weighted by atomic mass is 16.5. The van der Waals surface area contributed by atoms with Gasteiger partial charge in [-0.3, -0.25) is 4.79 Å². The van der Waals surface area contributed by atoms with E-state index in [0.29, 0.717) is 5.69 Å². The van der Waals surface area contributed by atoms with Crippen LogP contribution in [-0.4, -0.2) is 24.5 Å². The van der Waals surface area contributed by atoms with Gasteiger partial charge in [0.2, 0.25) is 0 Å². The number of carbonyl (C=O) groups is 3. The number of imide groups is 1. The van der Waals surface area contributed by atoms with Gasteiger partial charge in [0, 0.05) is 0 Å². The zero-order chi connectivity index (χ0) is 13.8. The highest BCUT2D eigenvalue weighted by Crippen LogP contribution is 2.20. The lowest BCUT2D eigenvalue weighted by Crippen LogP contribution is -2.30. The van der Waals surface area contributed by atoms with Gasteiger partial charge < -0.3 is 10.1 Å². The van der Waals surface area contributed by atoms with Crippen LogP contribution in [0.1, 0.15) is 6.92 Å². The van der Waals surface area contributed by atoms with E-state index in [1.54, 1.807) is 37.3 Å². The third-order valence-corrected chi connectivity index (χ3v) is 2.44. The summed E-state index contributed by atoms with van der Waals surface area (Å²) in [6, 6.07) is 7.87. The molecule has 0 aromatic heterocycles. The van der Waals surface area contributed by atoms with E-state index in [1.807, 2.05) is 0 Å². The van der Waals surface area contributed by atoms with Crippen LogP contribution in [0.4, 0.5) is 10.5 Å². The van der Waals surface area contributed by atoms with Gasteiger partial charge in [-0.15, -0.1) is 0 Å². The Labute approximate surface area is 109 Å². The zero-order valence-electron chi connectivity index (χ0n) is 10.3. The fraction of sp³-hybridized carbons (Fsp3) is 0.154.